The highest BCUT2D eigenvalue weighted by Crippen LogP contribution is 2.19. The molecule has 0 spiro atoms. The Hall–Kier alpha value is -1.85. The fourth-order valence-electron chi connectivity index (χ4n) is 3.32. The average molecular weight is 327 g/mol. The molecule has 0 amide bonds. The van der Waals surface area contributed by atoms with Crippen LogP contribution in [0.15, 0.2) is 36.5 Å². The molecule has 0 aliphatic carbocycles. The van der Waals surface area contributed by atoms with Crippen LogP contribution in [-0.4, -0.2) is 48.4 Å². The van der Waals surface area contributed by atoms with Crippen LogP contribution in [0, 0.1) is 5.92 Å². The maximum Gasteiger partial charge on any atom is 0.124 e. The molecule has 2 N–H and O–H groups in total. The second kappa shape index (κ2) is 7.81. The maximum absolute atomic E-state index is 4.36. The summed E-state index contributed by atoms with van der Waals surface area (Å²) in [6.45, 7) is 6.16. The standard InChI is InChI=1S/C19H29N5/c1-4-15-5-7-17(8-6-15)18(23(2)3)13-20-11-16-12-21-19-9-10-22-24(19)14-16/h5-10,16,18,20-21H,4,11-14H2,1-3H3/t16-,18-/m0/s1. The van der Waals surface area contributed by atoms with Crippen LogP contribution in [0.25, 0.3) is 0 Å². The molecule has 0 radical (unpaired) electrons. The molecular formula is C19H29N5. The summed E-state index contributed by atoms with van der Waals surface area (Å²) in [6.07, 6.45) is 2.95. The summed E-state index contributed by atoms with van der Waals surface area (Å²) in [5, 5.41) is 11.5. The summed E-state index contributed by atoms with van der Waals surface area (Å²) >= 11 is 0. The van der Waals surface area contributed by atoms with Gasteiger partial charge >= 0.3 is 0 Å². The molecule has 5 heteroatoms. The second-order valence-corrected chi connectivity index (χ2v) is 6.88. The number of likely N-dealkylation sites (N-methyl/N-ethyl adjacent to an activating group) is 1. The van der Waals surface area contributed by atoms with Crippen LogP contribution < -0.4 is 10.6 Å². The van der Waals surface area contributed by atoms with Gasteiger partial charge in [0.1, 0.15) is 5.82 Å². The number of anilines is 1. The highest BCUT2D eigenvalue weighted by Gasteiger charge is 2.19. The van der Waals surface area contributed by atoms with Crippen LogP contribution in [0.5, 0.6) is 0 Å². The Bertz CT molecular complexity index is 631. The van der Waals surface area contributed by atoms with Crippen LogP contribution in [0.4, 0.5) is 5.82 Å². The molecule has 5 nitrogen and oxygen atoms in total. The largest absolute Gasteiger partial charge is 0.370 e. The molecule has 0 bridgehead atoms. The lowest BCUT2D eigenvalue weighted by Crippen LogP contribution is -2.38. The lowest BCUT2D eigenvalue weighted by atomic mass is 10.0. The van der Waals surface area contributed by atoms with Crippen molar-refractivity contribution in [2.75, 3.05) is 39.0 Å². The van der Waals surface area contributed by atoms with E-state index in [0.29, 0.717) is 12.0 Å². The Labute approximate surface area is 145 Å². The molecule has 1 aliphatic rings. The van der Waals surface area contributed by atoms with E-state index in [9.17, 15) is 0 Å². The Morgan fingerprint density at radius 1 is 1.29 bits per heavy atom. The predicted octanol–water partition coefficient (Wildman–Crippen LogP) is 2.38. The molecule has 0 saturated heterocycles. The van der Waals surface area contributed by atoms with Crippen molar-refractivity contribution in [2.45, 2.75) is 25.9 Å². The second-order valence-electron chi connectivity index (χ2n) is 6.88. The summed E-state index contributed by atoms with van der Waals surface area (Å²) in [4.78, 5) is 2.29. The van der Waals surface area contributed by atoms with Gasteiger partial charge in [0.25, 0.3) is 0 Å². The smallest absolute Gasteiger partial charge is 0.124 e. The monoisotopic (exact) mass is 327 g/mol. The van der Waals surface area contributed by atoms with Crippen molar-refractivity contribution in [1.29, 1.82) is 0 Å². The number of hydrogen-bond acceptors (Lipinski definition) is 4. The number of nitrogens with zero attached hydrogens (tertiary/aromatic N) is 3. The van der Waals surface area contributed by atoms with Gasteiger partial charge in [-0.25, -0.2) is 4.68 Å². The summed E-state index contributed by atoms with van der Waals surface area (Å²) in [6, 6.07) is 11.5. The van der Waals surface area contributed by atoms with Gasteiger partial charge in [-0.15, -0.1) is 0 Å². The van der Waals surface area contributed by atoms with E-state index in [2.05, 4.69) is 70.6 Å². The number of benzene rings is 1. The fourth-order valence-corrected chi connectivity index (χ4v) is 3.32. The molecule has 3 rings (SSSR count). The molecule has 130 valence electrons. The third kappa shape index (κ3) is 3.97. The van der Waals surface area contributed by atoms with E-state index in [0.717, 1.165) is 38.4 Å². The van der Waals surface area contributed by atoms with Gasteiger partial charge in [-0.1, -0.05) is 31.2 Å². The minimum Gasteiger partial charge on any atom is -0.370 e. The highest BCUT2D eigenvalue weighted by atomic mass is 15.3. The summed E-state index contributed by atoms with van der Waals surface area (Å²) < 4.78 is 2.06. The van der Waals surface area contributed by atoms with Crippen molar-refractivity contribution < 1.29 is 0 Å². The first-order valence-corrected chi connectivity index (χ1v) is 8.89. The number of nitrogens with one attached hydrogen (secondary N) is 2. The third-order valence-corrected chi connectivity index (χ3v) is 4.89. The van der Waals surface area contributed by atoms with E-state index in [-0.39, 0.29) is 0 Å². The SMILES string of the molecule is CCc1ccc([C@H](CNC[C@H]2CNc3ccnn3C2)N(C)C)cc1. The van der Waals surface area contributed by atoms with Crippen LogP contribution >= 0.6 is 0 Å². The van der Waals surface area contributed by atoms with Crippen molar-refractivity contribution in [1.82, 2.24) is 20.0 Å². The Morgan fingerprint density at radius 2 is 2.08 bits per heavy atom. The zero-order chi connectivity index (χ0) is 16.9. The topological polar surface area (TPSA) is 45.1 Å². The quantitative estimate of drug-likeness (QED) is 0.820. The summed E-state index contributed by atoms with van der Waals surface area (Å²) in [5.41, 5.74) is 2.77. The first-order chi connectivity index (χ1) is 11.7. The van der Waals surface area contributed by atoms with Crippen molar-refractivity contribution >= 4 is 5.82 Å². The first kappa shape index (κ1) is 17.0. The third-order valence-electron chi connectivity index (χ3n) is 4.89. The van der Waals surface area contributed by atoms with Crippen molar-refractivity contribution in [2.24, 2.45) is 5.92 Å². The van der Waals surface area contributed by atoms with Gasteiger partial charge in [0.05, 0.1) is 6.20 Å². The first-order valence-electron chi connectivity index (χ1n) is 8.89. The Morgan fingerprint density at radius 3 is 2.79 bits per heavy atom. The van der Waals surface area contributed by atoms with Crippen LogP contribution in [0.1, 0.15) is 24.1 Å². The number of fused-ring (bicyclic) bond motifs is 1. The van der Waals surface area contributed by atoms with Crippen LogP contribution in [-0.2, 0) is 13.0 Å². The fraction of sp³-hybridized carbons (Fsp3) is 0.526. The number of hydrogen-bond donors (Lipinski definition) is 2. The van der Waals surface area contributed by atoms with E-state index in [1.807, 2.05) is 12.3 Å². The Kier molecular flexibility index (Phi) is 5.53. The highest BCUT2D eigenvalue weighted by molar-refractivity contribution is 5.35. The molecular weight excluding hydrogens is 298 g/mol. The van der Waals surface area contributed by atoms with Gasteiger partial charge in [0.2, 0.25) is 0 Å². The van der Waals surface area contributed by atoms with Gasteiger partial charge in [-0.3, -0.25) is 0 Å². The number of aromatic nitrogens is 2. The molecule has 2 aromatic rings. The molecule has 24 heavy (non-hydrogen) atoms. The van der Waals surface area contributed by atoms with Gasteiger partial charge in [-0.05, 0) is 31.6 Å². The zero-order valence-electron chi connectivity index (χ0n) is 15.0. The van der Waals surface area contributed by atoms with E-state index >= 15 is 0 Å². The predicted molar refractivity (Wildman–Crippen MR) is 99.3 cm³/mol. The number of rotatable bonds is 7. The lowest BCUT2D eigenvalue weighted by molar-refractivity contribution is 0.279. The van der Waals surface area contributed by atoms with Crippen LogP contribution in [0.2, 0.25) is 0 Å². The van der Waals surface area contributed by atoms with Crippen molar-refractivity contribution in [3.05, 3.63) is 47.7 Å². The van der Waals surface area contributed by atoms with Gasteiger partial charge in [0.15, 0.2) is 0 Å². The molecule has 1 aliphatic heterocycles. The maximum atomic E-state index is 4.36. The van der Waals surface area contributed by atoms with Gasteiger partial charge < -0.3 is 15.5 Å². The van der Waals surface area contributed by atoms with E-state index < -0.39 is 0 Å². The van der Waals surface area contributed by atoms with Crippen LogP contribution in [0.3, 0.4) is 0 Å². The normalized spacial score (nSPS) is 18.2. The van der Waals surface area contributed by atoms with Crippen molar-refractivity contribution in [3.63, 3.8) is 0 Å². The molecule has 2 heterocycles. The average Bonchev–Trinajstić information content (AvgIpc) is 3.06. The van der Waals surface area contributed by atoms with E-state index in [1.165, 1.54) is 11.1 Å². The van der Waals surface area contributed by atoms with E-state index in [4.69, 9.17) is 0 Å². The Balaban J connectivity index is 1.53. The molecule has 0 saturated carbocycles. The van der Waals surface area contributed by atoms with E-state index in [1.54, 1.807) is 0 Å². The minimum atomic E-state index is 0.396. The molecule has 1 aromatic carbocycles. The summed E-state index contributed by atoms with van der Waals surface area (Å²) in [5.74, 6) is 1.70. The number of aryl methyl sites for hydroxylation is 1. The molecule has 0 fully saturated rings. The molecule has 2 atom stereocenters. The lowest BCUT2D eigenvalue weighted by Gasteiger charge is -2.28. The minimum absolute atomic E-state index is 0.396. The molecule has 0 unspecified atom stereocenters. The van der Waals surface area contributed by atoms with Gasteiger partial charge in [0, 0.05) is 44.2 Å². The summed E-state index contributed by atoms with van der Waals surface area (Å²) in [7, 11) is 4.30. The van der Waals surface area contributed by atoms with Gasteiger partial charge in [-0.2, -0.15) is 5.10 Å². The van der Waals surface area contributed by atoms with Crippen molar-refractivity contribution in [3.8, 4) is 0 Å². The molecule has 1 aromatic heterocycles. The zero-order valence-corrected chi connectivity index (χ0v) is 15.0.